The molecule has 0 aliphatic rings. The number of aromatic nitrogens is 2. The van der Waals surface area contributed by atoms with Crippen LogP contribution in [0.5, 0.6) is 0 Å². The van der Waals surface area contributed by atoms with Crippen molar-refractivity contribution in [3.05, 3.63) is 51.3 Å². The molecule has 0 amide bonds. The molecular formula is C15H17ClN4. The van der Waals surface area contributed by atoms with E-state index < -0.39 is 0 Å². The summed E-state index contributed by atoms with van der Waals surface area (Å²) in [5.41, 5.74) is 4.92. The molecule has 0 saturated carbocycles. The first-order valence-corrected chi connectivity index (χ1v) is 6.80. The summed E-state index contributed by atoms with van der Waals surface area (Å²) in [6, 6.07) is 7.44. The van der Waals surface area contributed by atoms with E-state index in [1.165, 1.54) is 5.56 Å². The summed E-state index contributed by atoms with van der Waals surface area (Å²) in [5, 5.41) is 17.2. The van der Waals surface area contributed by atoms with Gasteiger partial charge in [0, 0.05) is 22.8 Å². The van der Waals surface area contributed by atoms with Gasteiger partial charge < -0.3 is 5.32 Å². The summed E-state index contributed by atoms with van der Waals surface area (Å²) in [4.78, 5) is 0. The summed E-state index contributed by atoms with van der Waals surface area (Å²) in [7, 11) is 1.92. The van der Waals surface area contributed by atoms with Gasteiger partial charge >= 0.3 is 0 Å². The number of nitrogens with one attached hydrogen (secondary N) is 1. The predicted octanol–water partition coefficient (Wildman–Crippen LogP) is 2.79. The van der Waals surface area contributed by atoms with Crippen LogP contribution in [-0.4, -0.2) is 16.8 Å². The van der Waals surface area contributed by atoms with Crippen LogP contribution in [0.1, 0.15) is 28.1 Å². The van der Waals surface area contributed by atoms with Gasteiger partial charge in [-0.1, -0.05) is 17.7 Å². The second-order valence-corrected chi connectivity index (χ2v) is 5.16. The van der Waals surface area contributed by atoms with Crippen LogP contribution in [0.4, 0.5) is 0 Å². The third-order valence-corrected chi connectivity index (χ3v) is 3.74. The van der Waals surface area contributed by atoms with Crippen LogP contribution in [0.15, 0.2) is 18.2 Å². The van der Waals surface area contributed by atoms with E-state index in [1.54, 1.807) is 12.1 Å². The fourth-order valence-electron chi connectivity index (χ4n) is 2.23. The normalized spacial score (nSPS) is 10.6. The maximum absolute atomic E-state index is 8.85. The lowest BCUT2D eigenvalue weighted by Crippen LogP contribution is -2.08. The highest BCUT2D eigenvalue weighted by atomic mass is 35.5. The van der Waals surface area contributed by atoms with Crippen LogP contribution >= 0.6 is 11.6 Å². The van der Waals surface area contributed by atoms with Crippen molar-refractivity contribution in [2.24, 2.45) is 0 Å². The number of hydrogen-bond acceptors (Lipinski definition) is 3. The molecule has 0 radical (unpaired) electrons. The van der Waals surface area contributed by atoms with Crippen LogP contribution in [0.2, 0.25) is 5.02 Å². The number of nitrogens with zero attached hydrogens (tertiary/aromatic N) is 3. The summed E-state index contributed by atoms with van der Waals surface area (Å²) in [6.45, 7) is 5.49. The molecule has 0 spiro atoms. The zero-order valence-corrected chi connectivity index (χ0v) is 12.6. The molecule has 0 fully saturated rings. The van der Waals surface area contributed by atoms with Crippen molar-refractivity contribution in [1.82, 2.24) is 15.1 Å². The Balaban J connectivity index is 2.31. The van der Waals surface area contributed by atoms with Crippen molar-refractivity contribution in [1.29, 1.82) is 5.26 Å². The third-order valence-electron chi connectivity index (χ3n) is 3.39. The molecule has 2 aromatic rings. The molecule has 0 saturated heterocycles. The Morgan fingerprint density at radius 3 is 2.75 bits per heavy atom. The topological polar surface area (TPSA) is 53.6 Å². The second-order valence-electron chi connectivity index (χ2n) is 4.76. The SMILES string of the molecule is CNCc1c(C)nn(Cc2ccc(C#N)cc2Cl)c1C. The smallest absolute Gasteiger partial charge is 0.0992 e. The Morgan fingerprint density at radius 2 is 2.15 bits per heavy atom. The molecule has 2 rings (SSSR count). The Kier molecular flexibility index (Phi) is 4.43. The van der Waals surface area contributed by atoms with E-state index in [1.807, 2.05) is 24.7 Å². The lowest BCUT2D eigenvalue weighted by Gasteiger charge is -2.08. The summed E-state index contributed by atoms with van der Waals surface area (Å²) in [6.07, 6.45) is 0. The van der Waals surface area contributed by atoms with Gasteiger partial charge in [-0.25, -0.2) is 0 Å². The molecule has 1 N–H and O–H groups in total. The quantitative estimate of drug-likeness (QED) is 0.941. The Bertz CT molecular complexity index is 667. The van der Waals surface area contributed by atoms with Crippen LogP contribution in [0, 0.1) is 25.2 Å². The molecule has 0 unspecified atom stereocenters. The first-order valence-electron chi connectivity index (χ1n) is 6.42. The molecule has 4 nitrogen and oxygen atoms in total. The van der Waals surface area contributed by atoms with Crippen LogP contribution in [0.3, 0.4) is 0 Å². The molecular weight excluding hydrogens is 272 g/mol. The van der Waals surface area contributed by atoms with Crippen LogP contribution < -0.4 is 5.32 Å². The van der Waals surface area contributed by atoms with Crippen molar-refractivity contribution in [2.45, 2.75) is 26.9 Å². The maximum atomic E-state index is 8.85. The molecule has 5 heteroatoms. The molecule has 20 heavy (non-hydrogen) atoms. The third kappa shape index (κ3) is 2.84. The van der Waals surface area contributed by atoms with Gasteiger partial charge in [-0.05, 0) is 38.6 Å². The summed E-state index contributed by atoms with van der Waals surface area (Å²) >= 11 is 6.21. The van der Waals surface area contributed by atoms with E-state index in [0.29, 0.717) is 17.1 Å². The van der Waals surface area contributed by atoms with Gasteiger partial charge in [-0.15, -0.1) is 0 Å². The van der Waals surface area contributed by atoms with Gasteiger partial charge in [0.15, 0.2) is 0 Å². The first-order chi connectivity index (χ1) is 9.56. The van der Waals surface area contributed by atoms with E-state index in [0.717, 1.165) is 23.5 Å². The molecule has 1 heterocycles. The minimum Gasteiger partial charge on any atom is -0.316 e. The van der Waals surface area contributed by atoms with Gasteiger partial charge in [0.2, 0.25) is 0 Å². The molecule has 0 aliphatic carbocycles. The molecule has 0 aliphatic heterocycles. The van der Waals surface area contributed by atoms with E-state index >= 15 is 0 Å². The fourth-order valence-corrected chi connectivity index (χ4v) is 2.47. The number of benzene rings is 1. The molecule has 1 aromatic carbocycles. The first kappa shape index (κ1) is 14.6. The predicted molar refractivity (Wildman–Crippen MR) is 79.7 cm³/mol. The van der Waals surface area contributed by atoms with Crippen molar-refractivity contribution in [3.63, 3.8) is 0 Å². The molecule has 1 aromatic heterocycles. The standard InChI is InChI=1S/C15H17ClN4/c1-10-14(8-18-3)11(2)20(19-10)9-13-5-4-12(7-17)6-15(13)16/h4-6,18H,8-9H2,1-3H3. The Morgan fingerprint density at radius 1 is 1.40 bits per heavy atom. The van der Waals surface area contributed by atoms with Gasteiger partial charge in [0.25, 0.3) is 0 Å². The minimum atomic E-state index is 0.572. The van der Waals surface area contributed by atoms with Crippen LogP contribution in [0.25, 0.3) is 0 Å². The zero-order chi connectivity index (χ0) is 14.7. The van der Waals surface area contributed by atoms with E-state index in [2.05, 4.69) is 23.4 Å². The lowest BCUT2D eigenvalue weighted by molar-refractivity contribution is 0.657. The van der Waals surface area contributed by atoms with Crippen LogP contribution in [-0.2, 0) is 13.1 Å². The Hall–Kier alpha value is -1.83. The number of halogens is 1. The van der Waals surface area contributed by atoms with E-state index in [4.69, 9.17) is 16.9 Å². The minimum absolute atomic E-state index is 0.572. The van der Waals surface area contributed by atoms with Gasteiger partial charge in [-0.3, -0.25) is 4.68 Å². The summed E-state index contributed by atoms with van der Waals surface area (Å²) < 4.78 is 1.95. The monoisotopic (exact) mass is 288 g/mol. The number of aryl methyl sites for hydroxylation is 1. The van der Waals surface area contributed by atoms with E-state index in [-0.39, 0.29) is 0 Å². The number of rotatable bonds is 4. The van der Waals surface area contributed by atoms with Crippen molar-refractivity contribution in [2.75, 3.05) is 7.05 Å². The molecule has 104 valence electrons. The fraction of sp³-hybridized carbons (Fsp3) is 0.333. The Labute approximate surface area is 124 Å². The molecule has 0 bridgehead atoms. The zero-order valence-electron chi connectivity index (χ0n) is 11.9. The molecule has 0 atom stereocenters. The average molecular weight is 289 g/mol. The maximum Gasteiger partial charge on any atom is 0.0992 e. The van der Waals surface area contributed by atoms with Gasteiger partial charge in [-0.2, -0.15) is 10.4 Å². The highest BCUT2D eigenvalue weighted by molar-refractivity contribution is 6.31. The highest BCUT2D eigenvalue weighted by Crippen LogP contribution is 2.21. The largest absolute Gasteiger partial charge is 0.316 e. The van der Waals surface area contributed by atoms with Crippen molar-refractivity contribution < 1.29 is 0 Å². The second kappa shape index (κ2) is 6.08. The van der Waals surface area contributed by atoms with Gasteiger partial charge in [0.05, 0.1) is 23.9 Å². The highest BCUT2D eigenvalue weighted by Gasteiger charge is 2.12. The van der Waals surface area contributed by atoms with Gasteiger partial charge in [0.1, 0.15) is 0 Å². The summed E-state index contributed by atoms with van der Waals surface area (Å²) in [5.74, 6) is 0. The average Bonchev–Trinajstić information content (AvgIpc) is 2.69. The van der Waals surface area contributed by atoms with Crippen molar-refractivity contribution >= 4 is 11.6 Å². The number of hydrogen-bond donors (Lipinski definition) is 1. The van der Waals surface area contributed by atoms with E-state index in [9.17, 15) is 0 Å². The number of nitriles is 1. The van der Waals surface area contributed by atoms with Crippen molar-refractivity contribution in [3.8, 4) is 6.07 Å². The lowest BCUT2D eigenvalue weighted by atomic mass is 10.1.